The Labute approximate surface area is 191 Å². The fourth-order valence-corrected chi connectivity index (χ4v) is 4.59. The minimum absolute atomic E-state index is 0.227. The van der Waals surface area contributed by atoms with E-state index in [2.05, 4.69) is 44.4 Å². The third kappa shape index (κ3) is 4.07. The SMILES string of the molecule is COc1ncc2c(N3C[C@@H](C)N[C@@H](C)C3)ccc(C(=O)Nc3ccc4cn(C)nc4c3)c2n1. The molecule has 0 aliphatic carbocycles. The van der Waals surface area contributed by atoms with Gasteiger partial charge in [-0.3, -0.25) is 9.48 Å². The van der Waals surface area contributed by atoms with Crippen molar-refractivity contribution >= 4 is 39.1 Å². The van der Waals surface area contributed by atoms with Gasteiger partial charge in [-0.05, 0) is 44.2 Å². The summed E-state index contributed by atoms with van der Waals surface area (Å²) in [7, 11) is 3.39. The predicted molar refractivity (Wildman–Crippen MR) is 129 cm³/mol. The molecule has 1 aliphatic rings. The van der Waals surface area contributed by atoms with Crippen LogP contribution in [0.1, 0.15) is 24.2 Å². The largest absolute Gasteiger partial charge is 0.467 e. The van der Waals surface area contributed by atoms with Crippen molar-refractivity contribution in [3.63, 3.8) is 0 Å². The van der Waals surface area contributed by atoms with Gasteiger partial charge in [0, 0.05) is 66.8 Å². The maximum atomic E-state index is 13.3. The molecule has 2 atom stereocenters. The normalized spacial score (nSPS) is 18.6. The number of amides is 1. The van der Waals surface area contributed by atoms with Crippen molar-refractivity contribution in [2.24, 2.45) is 7.05 Å². The van der Waals surface area contributed by atoms with Crippen molar-refractivity contribution in [2.45, 2.75) is 25.9 Å². The van der Waals surface area contributed by atoms with Crippen LogP contribution in [0.2, 0.25) is 0 Å². The van der Waals surface area contributed by atoms with Crippen LogP contribution in [0.25, 0.3) is 21.8 Å². The maximum absolute atomic E-state index is 13.3. The minimum Gasteiger partial charge on any atom is -0.467 e. The van der Waals surface area contributed by atoms with Crippen molar-refractivity contribution in [1.29, 1.82) is 0 Å². The van der Waals surface area contributed by atoms with E-state index in [1.807, 2.05) is 43.6 Å². The number of nitrogens with zero attached hydrogens (tertiary/aromatic N) is 5. The van der Waals surface area contributed by atoms with Gasteiger partial charge in [0.1, 0.15) is 0 Å². The fraction of sp³-hybridized carbons (Fsp3) is 0.333. The van der Waals surface area contributed by atoms with Gasteiger partial charge in [0.25, 0.3) is 5.91 Å². The highest BCUT2D eigenvalue weighted by molar-refractivity contribution is 6.14. The quantitative estimate of drug-likeness (QED) is 0.498. The van der Waals surface area contributed by atoms with Gasteiger partial charge in [0.15, 0.2) is 0 Å². The van der Waals surface area contributed by atoms with Crippen LogP contribution in [0, 0.1) is 0 Å². The second-order valence-electron chi connectivity index (χ2n) is 8.66. The highest BCUT2D eigenvalue weighted by atomic mass is 16.5. The molecule has 0 radical (unpaired) electrons. The molecule has 9 nitrogen and oxygen atoms in total. The molecule has 9 heteroatoms. The lowest BCUT2D eigenvalue weighted by Crippen LogP contribution is -2.54. The van der Waals surface area contributed by atoms with Gasteiger partial charge in [-0.25, -0.2) is 4.98 Å². The maximum Gasteiger partial charge on any atom is 0.316 e. The molecule has 1 fully saturated rings. The molecule has 3 heterocycles. The number of fused-ring (bicyclic) bond motifs is 2. The monoisotopic (exact) mass is 445 g/mol. The van der Waals surface area contributed by atoms with E-state index >= 15 is 0 Å². The van der Waals surface area contributed by atoms with Crippen LogP contribution in [-0.2, 0) is 7.05 Å². The number of methoxy groups -OCH3 is 1. The van der Waals surface area contributed by atoms with Crippen LogP contribution < -0.4 is 20.3 Å². The molecule has 170 valence electrons. The Balaban J connectivity index is 1.53. The van der Waals surface area contributed by atoms with Crippen LogP contribution in [0.4, 0.5) is 11.4 Å². The third-order valence-electron chi connectivity index (χ3n) is 5.91. The molecule has 4 aromatic rings. The Hall–Kier alpha value is -3.72. The van der Waals surface area contributed by atoms with Crippen LogP contribution in [0.15, 0.2) is 42.7 Å². The van der Waals surface area contributed by atoms with Gasteiger partial charge in [0.05, 0.1) is 23.7 Å². The summed E-state index contributed by atoms with van der Waals surface area (Å²) in [5.41, 5.74) is 3.54. The van der Waals surface area contributed by atoms with Crippen molar-refractivity contribution in [3.8, 4) is 6.01 Å². The first-order valence-electron chi connectivity index (χ1n) is 11.0. The summed E-state index contributed by atoms with van der Waals surface area (Å²) in [4.78, 5) is 24.5. The number of ether oxygens (including phenoxy) is 1. The molecule has 33 heavy (non-hydrogen) atoms. The Kier molecular flexibility index (Phi) is 5.33. The number of anilines is 2. The molecule has 0 saturated carbocycles. The first kappa shape index (κ1) is 21.1. The lowest BCUT2D eigenvalue weighted by molar-refractivity contribution is 0.102. The van der Waals surface area contributed by atoms with Gasteiger partial charge >= 0.3 is 6.01 Å². The van der Waals surface area contributed by atoms with E-state index in [0.717, 1.165) is 35.1 Å². The topological polar surface area (TPSA) is 97.2 Å². The molecule has 0 bridgehead atoms. The van der Waals surface area contributed by atoms with Crippen molar-refractivity contribution in [1.82, 2.24) is 25.1 Å². The molecular weight excluding hydrogens is 418 g/mol. The summed E-state index contributed by atoms with van der Waals surface area (Å²) in [6, 6.07) is 10.4. The molecule has 2 N–H and O–H groups in total. The zero-order valence-corrected chi connectivity index (χ0v) is 19.2. The molecule has 0 spiro atoms. The summed E-state index contributed by atoms with van der Waals surface area (Å²) in [5, 5.41) is 12.8. The van der Waals surface area contributed by atoms with Gasteiger partial charge in [0.2, 0.25) is 0 Å². The molecule has 1 amide bonds. The first-order valence-corrected chi connectivity index (χ1v) is 11.0. The Morgan fingerprint density at radius 3 is 2.73 bits per heavy atom. The molecular formula is C24H27N7O2. The van der Waals surface area contributed by atoms with E-state index in [9.17, 15) is 4.79 Å². The molecule has 0 unspecified atom stereocenters. The number of nitrogens with one attached hydrogen (secondary N) is 2. The fourth-order valence-electron chi connectivity index (χ4n) is 4.59. The Morgan fingerprint density at radius 1 is 1.18 bits per heavy atom. The average Bonchev–Trinajstić information content (AvgIpc) is 3.16. The number of aromatic nitrogens is 4. The highest BCUT2D eigenvalue weighted by Gasteiger charge is 2.24. The number of hydrogen-bond donors (Lipinski definition) is 2. The molecule has 2 aromatic heterocycles. The molecule has 2 aromatic carbocycles. The number of carbonyl (C=O) groups is 1. The predicted octanol–water partition coefficient (Wildman–Crippen LogP) is 2.96. The molecule has 1 aliphatic heterocycles. The van der Waals surface area contributed by atoms with Gasteiger partial charge in [-0.15, -0.1) is 0 Å². The number of aryl methyl sites for hydroxylation is 1. The third-order valence-corrected chi connectivity index (χ3v) is 5.91. The summed E-state index contributed by atoms with van der Waals surface area (Å²) in [5.74, 6) is -0.246. The van der Waals surface area contributed by atoms with Crippen LogP contribution in [-0.4, -0.2) is 57.9 Å². The molecule has 5 rings (SSSR count). The van der Waals surface area contributed by atoms with Crippen molar-refractivity contribution in [2.75, 3.05) is 30.4 Å². The number of piperazine rings is 1. The van der Waals surface area contributed by atoms with Crippen LogP contribution in [0.3, 0.4) is 0 Å². The Bertz CT molecular complexity index is 1340. The van der Waals surface area contributed by atoms with Crippen LogP contribution in [0.5, 0.6) is 6.01 Å². The van der Waals surface area contributed by atoms with Crippen molar-refractivity contribution < 1.29 is 9.53 Å². The number of rotatable bonds is 4. The standard InChI is InChI=1S/C24H27N7O2/c1-14-11-31(12-15(2)26-14)21-8-7-18(22-19(21)10-25-24(28-22)33-4)23(32)27-17-6-5-16-13-30(3)29-20(16)9-17/h5-10,13-15,26H,11-12H2,1-4H3,(H,27,32)/t14-,15+. The minimum atomic E-state index is -0.246. The number of hydrogen-bond acceptors (Lipinski definition) is 7. The summed E-state index contributed by atoms with van der Waals surface area (Å²) in [6.07, 6.45) is 3.68. The van der Waals surface area contributed by atoms with Gasteiger partial charge < -0.3 is 20.3 Å². The smallest absolute Gasteiger partial charge is 0.316 e. The van der Waals surface area contributed by atoms with Crippen LogP contribution >= 0.6 is 0 Å². The van der Waals surface area contributed by atoms with E-state index in [-0.39, 0.29) is 11.9 Å². The van der Waals surface area contributed by atoms with Gasteiger partial charge in [-0.1, -0.05) is 0 Å². The lowest BCUT2D eigenvalue weighted by atomic mass is 10.0. The van der Waals surface area contributed by atoms with E-state index in [4.69, 9.17) is 4.74 Å². The second-order valence-corrected chi connectivity index (χ2v) is 8.66. The number of carbonyl (C=O) groups excluding carboxylic acids is 1. The van der Waals surface area contributed by atoms with E-state index in [1.54, 1.807) is 10.9 Å². The second kappa shape index (κ2) is 8.32. The van der Waals surface area contributed by atoms with Crippen molar-refractivity contribution in [3.05, 3.63) is 48.3 Å². The molecule has 1 saturated heterocycles. The summed E-state index contributed by atoms with van der Waals surface area (Å²) < 4.78 is 7.01. The zero-order chi connectivity index (χ0) is 23.1. The van der Waals surface area contributed by atoms with E-state index in [1.165, 1.54) is 7.11 Å². The number of benzene rings is 2. The Morgan fingerprint density at radius 2 is 1.97 bits per heavy atom. The van der Waals surface area contributed by atoms with Gasteiger partial charge in [-0.2, -0.15) is 10.1 Å². The van der Waals surface area contributed by atoms with E-state index in [0.29, 0.717) is 28.9 Å². The zero-order valence-electron chi connectivity index (χ0n) is 19.2. The summed E-state index contributed by atoms with van der Waals surface area (Å²) in [6.45, 7) is 6.07. The first-order chi connectivity index (χ1) is 15.9. The van der Waals surface area contributed by atoms with E-state index < -0.39 is 0 Å². The lowest BCUT2D eigenvalue weighted by Gasteiger charge is -2.38. The average molecular weight is 446 g/mol. The highest BCUT2D eigenvalue weighted by Crippen LogP contribution is 2.31. The summed E-state index contributed by atoms with van der Waals surface area (Å²) >= 11 is 0.